The van der Waals surface area contributed by atoms with Gasteiger partial charge in [0.15, 0.2) is 11.5 Å². The predicted octanol–water partition coefficient (Wildman–Crippen LogP) is 6.47. The second-order valence-corrected chi connectivity index (χ2v) is 12.3. The van der Waals surface area contributed by atoms with E-state index in [1.54, 1.807) is 0 Å². The molecule has 1 N–H and O–H groups in total. The normalized spacial score (nSPS) is 26.0. The monoisotopic (exact) mass is 541 g/mol. The number of nitrogens with zero attached hydrogens (tertiary/aromatic N) is 3. The van der Waals surface area contributed by atoms with Gasteiger partial charge in [0.2, 0.25) is 12.7 Å². The molecule has 2 aromatic carbocycles. The lowest BCUT2D eigenvalue weighted by Crippen LogP contribution is -2.41. The third-order valence-electron chi connectivity index (χ3n) is 9.48. The van der Waals surface area contributed by atoms with Crippen molar-refractivity contribution in [2.45, 2.75) is 82.3 Å². The van der Waals surface area contributed by atoms with Crippen LogP contribution in [0.5, 0.6) is 11.5 Å². The Balaban J connectivity index is 1.08. The molecule has 1 amide bonds. The first-order valence-electron chi connectivity index (χ1n) is 15.1. The van der Waals surface area contributed by atoms with E-state index >= 15 is 0 Å². The molecule has 0 radical (unpaired) electrons. The number of aromatic nitrogens is 2. The summed E-state index contributed by atoms with van der Waals surface area (Å²) in [6.07, 6.45) is 13.6. The zero-order valence-electron chi connectivity index (χ0n) is 23.1. The lowest BCUT2D eigenvalue weighted by atomic mass is 9.78. The van der Waals surface area contributed by atoms with Gasteiger partial charge in [-0.15, -0.1) is 0 Å². The molecule has 0 atom stereocenters. The van der Waals surface area contributed by atoms with E-state index in [-0.39, 0.29) is 17.9 Å². The number of carbonyl (C=O) groups is 1. The van der Waals surface area contributed by atoms with Crippen molar-refractivity contribution in [3.63, 3.8) is 0 Å². The van der Waals surface area contributed by atoms with E-state index in [2.05, 4.69) is 57.3 Å². The minimum Gasteiger partial charge on any atom is -0.454 e. The summed E-state index contributed by atoms with van der Waals surface area (Å²) in [6.45, 7) is 1.05. The van der Waals surface area contributed by atoms with E-state index in [1.807, 2.05) is 12.3 Å². The molecular formula is C33H39N3O4. The van der Waals surface area contributed by atoms with E-state index in [1.165, 1.54) is 18.4 Å². The van der Waals surface area contributed by atoms with Crippen molar-refractivity contribution in [3.8, 4) is 22.6 Å². The van der Waals surface area contributed by atoms with Crippen LogP contribution < -0.4 is 14.4 Å². The molecule has 0 spiro atoms. The third kappa shape index (κ3) is 5.36. The highest BCUT2D eigenvalue weighted by Gasteiger charge is 2.33. The standard InChI is InChI=1S/C33H39N3O4/c37-30-13-8-24(9-14-30)33(38)35(29-3-1-2-25(16-29)27-18-34-36(20-27)28-11-12-28)19-22-4-6-23(7-5-22)26-10-15-31-32(17-26)40-21-39-31/h1-3,10,15-18,20,22-24,28,30,37H,4-9,11-14,19,21H2/t22-,23-,24-,30-. The molecule has 1 aliphatic heterocycles. The molecule has 210 valence electrons. The lowest BCUT2D eigenvalue weighted by Gasteiger charge is -2.36. The summed E-state index contributed by atoms with van der Waals surface area (Å²) in [5, 5.41) is 14.6. The topological polar surface area (TPSA) is 76.8 Å². The Hall–Kier alpha value is -3.32. The number of fused-ring (bicyclic) bond motifs is 1. The van der Waals surface area contributed by atoms with E-state index in [4.69, 9.17) is 9.47 Å². The zero-order chi connectivity index (χ0) is 27.1. The van der Waals surface area contributed by atoms with Gasteiger partial charge in [-0.2, -0.15) is 5.10 Å². The minimum atomic E-state index is -0.268. The average molecular weight is 542 g/mol. The predicted molar refractivity (Wildman–Crippen MR) is 154 cm³/mol. The summed E-state index contributed by atoms with van der Waals surface area (Å²) < 4.78 is 13.2. The molecule has 0 unspecified atom stereocenters. The van der Waals surface area contributed by atoms with Crippen LogP contribution in [-0.4, -0.2) is 40.2 Å². The zero-order valence-corrected chi connectivity index (χ0v) is 23.1. The van der Waals surface area contributed by atoms with Gasteiger partial charge in [-0.05, 0) is 111 Å². The quantitative estimate of drug-likeness (QED) is 0.371. The first-order valence-corrected chi connectivity index (χ1v) is 15.1. The van der Waals surface area contributed by atoms with Gasteiger partial charge in [-0.3, -0.25) is 9.48 Å². The van der Waals surface area contributed by atoms with Crippen molar-refractivity contribution in [2.24, 2.45) is 11.8 Å². The molecule has 2 heterocycles. The fourth-order valence-electron chi connectivity index (χ4n) is 6.85. The SMILES string of the molecule is O=C([C@H]1CC[C@H](O)CC1)N(C[C@H]1CC[C@H](c2ccc3c(c2)OCO3)CC1)c1cccc(-c2cnn(C3CC3)c2)c1. The Labute approximate surface area is 236 Å². The van der Waals surface area contributed by atoms with Crippen molar-refractivity contribution in [1.29, 1.82) is 0 Å². The van der Waals surface area contributed by atoms with Gasteiger partial charge in [0.05, 0.1) is 18.3 Å². The molecule has 7 rings (SSSR count). The summed E-state index contributed by atoms with van der Waals surface area (Å²) in [5.74, 6) is 2.87. The van der Waals surface area contributed by atoms with Gasteiger partial charge < -0.3 is 19.5 Å². The molecule has 1 aromatic heterocycles. The molecule has 7 heteroatoms. The van der Waals surface area contributed by atoms with Crippen LogP contribution in [0.25, 0.3) is 11.1 Å². The molecule has 3 saturated carbocycles. The first kappa shape index (κ1) is 25.6. The van der Waals surface area contributed by atoms with Crippen LogP contribution in [0.15, 0.2) is 54.9 Å². The maximum atomic E-state index is 14.0. The first-order chi connectivity index (χ1) is 19.6. The summed E-state index contributed by atoms with van der Waals surface area (Å²) in [5.41, 5.74) is 4.51. The fourth-order valence-corrected chi connectivity index (χ4v) is 6.85. The molecule has 4 aliphatic rings. The number of aliphatic hydroxyl groups excluding tert-OH is 1. The Morgan fingerprint density at radius 1 is 0.900 bits per heavy atom. The van der Waals surface area contributed by atoms with Crippen LogP contribution in [-0.2, 0) is 4.79 Å². The minimum absolute atomic E-state index is 0.0188. The van der Waals surface area contributed by atoms with Crippen LogP contribution in [0.2, 0.25) is 0 Å². The number of benzene rings is 2. The molecule has 3 aromatic rings. The van der Waals surface area contributed by atoms with Crippen LogP contribution in [0.3, 0.4) is 0 Å². The Kier molecular flexibility index (Phi) is 7.00. The number of rotatable bonds is 7. The Morgan fingerprint density at radius 3 is 2.50 bits per heavy atom. The van der Waals surface area contributed by atoms with E-state index in [0.29, 0.717) is 37.5 Å². The lowest BCUT2D eigenvalue weighted by molar-refractivity contribution is -0.124. The summed E-state index contributed by atoms with van der Waals surface area (Å²) in [4.78, 5) is 16.1. The highest BCUT2D eigenvalue weighted by molar-refractivity contribution is 5.95. The van der Waals surface area contributed by atoms with Crippen molar-refractivity contribution in [2.75, 3.05) is 18.2 Å². The van der Waals surface area contributed by atoms with Gasteiger partial charge in [0.25, 0.3) is 0 Å². The van der Waals surface area contributed by atoms with Gasteiger partial charge in [-0.1, -0.05) is 18.2 Å². The second kappa shape index (κ2) is 10.9. The number of hydrogen-bond acceptors (Lipinski definition) is 5. The number of amides is 1. The Morgan fingerprint density at radius 2 is 1.70 bits per heavy atom. The van der Waals surface area contributed by atoms with E-state index in [0.717, 1.165) is 73.4 Å². The number of hydrogen-bond donors (Lipinski definition) is 1. The van der Waals surface area contributed by atoms with Crippen LogP contribution in [0, 0.1) is 11.8 Å². The van der Waals surface area contributed by atoms with Crippen LogP contribution in [0.1, 0.15) is 81.7 Å². The summed E-state index contributed by atoms with van der Waals surface area (Å²) >= 11 is 0. The number of anilines is 1. The highest BCUT2D eigenvalue weighted by Crippen LogP contribution is 2.42. The van der Waals surface area contributed by atoms with E-state index in [9.17, 15) is 9.90 Å². The van der Waals surface area contributed by atoms with Gasteiger partial charge in [0, 0.05) is 29.9 Å². The number of carbonyl (C=O) groups excluding carboxylic acids is 1. The summed E-state index contributed by atoms with van der Waals surface area (Å²) in [7, 11) is 0. The molecule has 3 aliphatic carbocycles. The van der Waals surface area contributed by atoms with Gasteiger partial charge in [0.1, 0.15) is 0 Å². The molecule has 7 nitrogen and oxygen atoms in total. The van der Waals surface area contributed by atoms with Crippen molar-refractivity contribution in [3.05, 3.63) is 60.4 Å². The van der Waals surface area contributed by atoms with Gasteiger partial charge >= 0.3 is 0 Å². The molecule has 0 saturated heterocycles. The smallest absolute Gasteiger partial charge is 0.231 e. The molecule has 0 bridgehead atoms. The average Bonchev–Trinajstić information content (AvgIpc) is 3.52. The maximum Gasteiger partial charge on any atom is 0.231 e. The highest BCUT2D eigenvalue weighted by atomic mass is 16.7. The fraction of sp³-hybridized carbons (Fsp3) is 0.515. The maximum absolute atomic E-state index is 14.0. The van der Waals surface area contributed by atoms with Crippen LogP contribution >= 0.6 is 0 Å². The van der Waals surface area contributed by atoms with Crippen molar-refractivity contribution >= 4 is 11.6 Å². The number of ether oxygens (including phenoxy) is 2. The summed E-state index contributed by atoms with van der Waals surface area (Å²) in [6, 6.07) is 15.4. The van der Waals surface area contributed by atoms with Crippen molar-refractivity contribution in [1.82, 2.24) is 9.78 Å². The largest absolute Gasteiger partial charge is 0.454 e. The molecular weight excluding hydrogens is 502 g/mol. The van der Waals surface area contributed by atoms with Gasteiger partial charge in [-0.25, -0.2) is 0 Å². The van der Waals surface area contributed by atoms with Crippen LogP contribution in [0.4, 0.5) is 5.69 Å². The Bertz CT molecular complexity index is 1350. The molecule has 40 heavy (non-hydrogen) atoms. The second-order valence-electron chi connectivity index (χ2n) is 12.3. The number of aliphatic hydroxyl groups is 1. The van der Waals surface area contributed by atoms with Crippen molar-refractivity contribution < 1.29 is 19.4 Å². The third-order valence-corrected chi connectivity index (χ3v) is 9.48. The van der Waals surface area contributed by atoms with E-state index < -0.39 is 0 Å². The molecule has 3 fully saturated rings.